The van der Waals surface area contributed by atoms with E-state index in [9.17, 15) is 18.0 Å². The van der Waals surface area contributed by atoms with Gasteiger partial charge in [-0.15, -0.1) is 0 Å². The van der Waals surface area contributed by atoms with E-state index in [2.05, 4.69) is 22.5 Å². The number of benzene rings is 1. The molecule has 1 fully saturated rings. The Bertz CT molecular complexity index is 891. The van der Waals surface area contributed by atoms with Crippen LogP contribution in [-0.2, 0) is 14.8 Å². The quantitative estimate of drug-likeness (QED) is 0.507. The molecule has 1 heterocycles. The van der Waals surface area contributed by atoms with Crippen LogP contribution in [0.5, 0.6) is 0 Å². The molecule has 0 spiro atoms. The van der Waals surface area contributed by atoms with Crippen LogP contribution in [-0.4, -0.2) is 74.2 Å². The molecule has 2 rings (SSSR count). The second-order valence-electron chi connectivity index (χ2n) is 8.94. The molecule has 33 heavy (non-hydrogen) atoms. The summed E-state index contributed by atoms with van der Waals surface area (Å²) in [7, 11) is -3.68. The molecule has 1 atom stereocenters. The monoisotopic (exact) mass is 480 g/mol. The van der Waals surface area contributed by atoms with Gasteiger partial charge in [0.05, 0.1) is 4.90 Å². The molecule has 8 nitrogen and oxygen atoms in total. The van der Waals surface area contributed by atoms with E-state index in [1.807, 2.05) is 13.8 Å². The molecule has 9 heteroatoms. The number of nitrogens with one attached hydrogen (secondary N) is 2. The third-order valence-corrected chi connectivity index (χ3v) is 8.19. The van der Waals surface area contributed by atoms with E-state index in [0.29, 0.717) is 13.1 Å². The summed E-state index contributed by atoms with van der Waals surface area (Å²) >= 11 is 0. The number of sulfonamides is 1. The number of hydrogen-bond donors (Lipinski definition) is 2. The maximum atomic E-state index is 13.0. The van der Waals surface area contributed by atoms with Gasteiger partial charge in [-0.05, 0) is 49.9 Å². The number of nitrogens with zero attached hydrogens (tertiary/aromatic N) is 2. The van der Waals surface area contributed by atoms with Crippen LogP contribution in [0.3, 0.4) is 0 Å². The average molecular weight is 481 g/mol. The van der Waals surface area contributed by atoms with Gasteiger partial charge < -0.3 is 15.5 Å². The van der Waals surface area contributed by atoms with E-state index in [4.69, 9.17) is 0 Å². The van der Waals surface area contributed by atoms with Gasteiger partial charge in [-0.1, -0.05) is 40.7 Å². The van der Waals surface area contributed by atoms with Crippen molar-refractivity contribution in [1.82, 2.24) is 19.8 Å². The Morgan fingerprint density at radius 1 is 1.12 bits per heavy atom. The van der Waals surface area contributed by atoms with Crippen LogP contribution in [0, 0.1) is 5.92 Å². The van der Waals surface area contributed by atoms with Crippen molar-refractivity contribution in [3.63, 3.8) is 0 Å². The van der Waals surface area contributed by atoms with Crippen LogP contribution in [0.25, 0.3) is 0 Å². The molecule has 0 bridgehead atoms. The van der Waals surface area contributed by atoms with Crippen LogP contribution in [0.4, 0.5) is 0 Å². The zero-order chi connectivity index (χ0) is 24.6. The fourth-order valence-electron chi connectivity index (χ4n) is 4.18. The van der Waals surface area contributed by atoms with Crippen molar-refractivity contribution >= 4 is 21.8 Å². The Morgan fingerprint density at radius 3 is 2.30 bits per heavy atom. The Balaban J connectivity index is 2.08. The Morgan fingerprint density at radius 2 is 1.76 bits per heavy atom. The predicted octanol–water partition coefficient (Wildman–Crippen LogP) is 2.46. The molecule has 1 saturated heterocycles. The highest BCUT2D eigenvalue weighted by atomic mass is 32.2. The smallest absolute Gasteiger partial charge is 0.251 e. The normalized spacial score (nSPS) is 16.7. The van der Waals surface area contributed by atoms with Crippen LogP contribution >= 0.6 is 0 Å². The number of amides is 2. The summed E-state index contributed by atoms with van der Waals surface area (Å²) < 4.78 is 27.0. The van der Waals surface area contributed by atoms with Crippen molar-refractivity contribution in [2.45, 2.75) is 70.9 Å². The average Bonchev–Trinajstić information content (AvgIpc) is 2.79. The highest BCUT2D eigenvalue weighted by Crippen LogP contribution is 2.18. The zero-order valence-electron chi connectivity index (χ0n) is 20.6. The van der Waals surface area contributed by atoms with Crippen molar-refractivity contribution in [3.8, 4) is 0 Å². The van der Waals surface area contributed by atoms with Gasteiger partial charge in [-0.25, -0.2) is 8.42 Å². The van der Waals surface area contributed by atoms with Crippen LogP contribution in [0.2, 0.25) is 0 Å². The lowest BCUT2D eigenvalue weighted by Crippen LogP contribution is -2.54. The lowest BCUT2D eigenvalue weighted by molar-refractivity contribution is -0.125. The lowest BCUT2D eigenvalue weighted by atomic mass is 10.00. The highest BCUT2D eigenvalue weighted by molar-refractivity contribution is 7.89. The molecule has 2 amide bonds. The summed E-state index contributed by atoms with van der Waals surface area (Å²) in [6.45, 7) is 13.2. The molecule has 1 aliphatic heterocycles. The van der Waals surface area contributed by atoms with E-state index >= 15 is 0 Å². The van der Waals surface area contributed by atoms with Gasteiger partial charge in [0.2, 0.25) is 15.9 Å². The van der Waals surface area contributed by atoms with Gasteiger partial charge in [0.25, 0.3) is 5.91 Å². The maximum Gasteiger partial charge on any atom is 0.251 e. The van der Waals surface area contributed by atoms with Crippen LogP contribution in [0.1, 0.15) is 64.2 Å². The molecule has 1 aromatic carbocycles. The number of rotatable bonds is 11. The lowest BCUT2D eigenvalue weighted by Gasteiger charge is -2.33. The Labute approximate surface area is 199 Å². The van der Waals surface area contributed by atoms with Crippen LogP contribution in [0.15, 0.2) is 29.2 Å². The standard InChI is InChI=1S/C24H40N4O4S/c1-6-14-27-15-12-20(13-16-27)25-24(30)22(18(4)5)26-23(29)19-10-9-11-21(17-19)33(31,32)28(7-2)8-3/h9-11,17-18,20,22H,6-8,12-16H2,1-5H3,(H,25,30)(H,26,29). The van der Waals surface area contributed by atoms with Gasteiger partial charge in [0.1, 0.15) is 6.04 Å². The maximum absolute atomic E-state index is 13.0. The van der Waals surface area contributed by atoms with Crippen molar-refractivity contribution in [2.75, 3.05) is 32.7 Å². The topological polar surface area (TPSA) is 98.8 Å². The summed E-state index contributed by atoms with van der Waals surface area (Å²) in [6, 6.07) is 5.39. The van der Waals surface area contributed by atoms with Crippen molar-refractivity contribution in [1.29, 1.82) is 0 Å². The van der Waals surface area contributed by atoms with E-state index in [1.54, 1.807) is 26.0 Å². The van der Waals surface area contributed by atoms with Crippen LogP contribution < -0.4 is 10.6 Å². The minimum atomic E-state index is -3.68. The molecule has 0 saturated carbocycles. The van der Waals surface area contributed by atoms with Gasteiger partial charge in [-0.2, -0.15) is 4.31 Å². The zero-order valence-corrected chi connectivity index (χ0v) is 21.5. The third kappa shape index (κ3) is 7.25. The minimum Gasteiger partial charge on any atom is -0.351 e. The van der Waals surface area contributed by atoms with Crippen molar-refractivity contribution in [3.05, 3.63) is 29.8 Å². The highest BCUT2D eigenvalue weighted by Gasteiger charge is 2.29. The fraction of sp³-hybridized carbons (Fsp3) is 0.667. The largest absolute Gasteiger partial charge is 0.351 e. The molecule has 1 unspecified atom stereocenters. The fourth-order valence-corrected chi connectivity index (χ4v) is 5.68. The first-order valence-corrected chi connectivity index (χ1v) is 13.5. The van der Waals surface area contributed by atoms with E-state index < -0.39 is 22.0 Å². The molecule has 0 radical (unpaired) electrons. The van der Waals surface area contributed by atoms with Crippen molar-refractivity contribution < 1.29 is 18.0 Å². The number of carbonyl (C=O) groups is 2. The first-order chi connectivity index (χ1) is 15.6. The summed E-state index contributed by atoms with van der Waals surface area (Å²) in [5.74, 6) is -0.769. The Kier molecular flexibility index (Phi) is 10.3. The summed E-state index contributed by atoms with van der Waals surface area (Å²) in [5.41, 5.74) is 0.217. The number of carbonyl (C=O) groups excluding carboxylic acids is 2. The molecule has 0 aromatic heterocycles. The first kappa shape index (κ1) is 27.3. The van der Waals surface area contributed by atoms with Gasteiger partial charge in [-0.3, -0.25) is 9.59 Å². The molecule has 1 aromatic rings. The van der Waals surface area contributed by atoms with Crippen molar-refractivity contribution in [2.24, 2.45) is 5.92 Å². The number of piperidine rings is 1. The minimum absolute atomic E-state index is 0.0724. The summed E-state index contributed by atoms with van der Waals surface area (Å²) in [4.78, 5) is 28.4. The molecule has 186 valence electrons. The van der Waals surface area contributed by atoms with E-state index in [-0.39, 0.29) is 28.3 Å². The summed E-state index contributed by atoms with van der Waals surface area (Å²) in [6.07, 6.45) is 2.92. The van der Waals surface area contributed by atoms with E-state index in [0.717, 1.165) is 38.9 Å². The molecule has 0 aliphatic carbocycles. The molecular formula is C24H40N4O4S. The SMILES string of the molecule is CCCN1CCC(NC(=O)C(NC(=O)c2cccc(S(=O)(=O)N(CC)CC)c2)C(C)C)CC1. The van der Waals surface area contributed by atoms with Gasteiger partial charge in [0.15, 0.2) is 0 Å². The first-order valence-electron chi connectivity index (χ1n) is 12.1. The Hall–Kier alpha value is -1.97. The van der Waals surface area contributed by atoms with Gasteiger partial charge >= 0.3 is 0 Å². The van der Waals surface area contributed by atoms with Gasteiger partial charge in [0, 0.05) is 37.8 Å². The number of hydrogen-bond acceptors (Lipinski definition) is 5. The summed E-state index contributed by atoms with van der Waals surface area (Å²) in [5, 5.41) is 5.92. The predicted molar refractivity (Wildman–Crippen MR) is 131 cm³/mol. The molecular weight excluding hydrogens is 440 g/mol. The molecule has 2 N–H and O–H groups in total. The second kappa shape index (κ2) is 12.5. The third-order valence-electron chi connectivity index (χ3n) is 6.15. The second-order valence-corrected chi connectivity index (χ2v) is 10.9. The molecule has 1 aliphatic rings. The van der Waals surface area contributed by atoms with E-state index in [1.165, 1.54) is 16.4 Å². The number of likely N-dealkylation sites (tertiary alicyclic amines) is 1.